The number of carboxylic acids is 1. The summed E-state index contributed by atoms with van der Waals surface area (Å²) in [6.45, 7) is 5.05. The number of furan rings is 1. The molecule has 0 spiro atoms. The molecule has 0 radical (unpaired) electrons. The average molecular weight is 299 g/mol. The zero-order chi connectivity index (χ0) is 14.7. The minimum absolute atomic E-state index is 0.00488. The predicted molar refractivity (Wildman–Crippen MR) is 73.0 cm³/mol. The molecular weight excluding hydrogens is 282 g/mol. The number of thioether (sulfide) groups is 1. The molecule has 0 saturated carbocycles. The third kappa shape index (κ3) is 3.77. The molecule has 7 heteroatoms. The maximum atomic E-state index is 12.1. The fourth-order valence-corrected chi connectivity index (χ4v) is 2.88. The first kappa shape index (κ1) is 14.9. The minimum atomic E-state index is -1.11. The Hall–Kier alpha value is -1.47. The first-order chi connectivity index (χ1) is 9.45. The summed E-state index contributed by atoms with van der Waals surface area (Å²) >= 11 is 1.20. The summed E-state index contributed by atoms with van der Waals surface area (Å²) in [5.41, 5.74) is 0. The van der Waals surface area contributed by atoms with Crippen LogP contribution in [0.4, 0.5) is 0 Å². The lowest BCUT2D eigenvalue weighted by Crippen LogP contribution is -2.48. The lowest BCUT2D eigenvalue weighted by atomic mass is 10.2. The van der Waals surface area contributed by atoms with Gasteiger partial charge in [-0.1, -0.05) is 11.8 Å². The van der Waals surface area contributed by atoms with E-state index in [1.807, 2.05) is 13.8 Å². The van der Waals surface area contributed by atoms with Crippen molar-refractivity contribution in [1.29, 1.82) is 0 Å². The van der Waals surface area contributed by atoms with Crippen LogP contribution in [0.2, 0.25) is 0 Å². The smallest absolute Gasteiger partial charge is 0.371 e. The number of carbonyl (C=O) groups excluding carboxylic acids is 1. The molecular formula is C13H17NO5S. The van der Waals surface area contributed by atoms with Gasteiger partial charge in [0.15, 0.2) is 5.09 Å². The molecule has 0 bridgehead atoms. The highest BCUT2D eigenvalue weighted by Gasteiger charge is 2.25. The molecule has 2 atom stereocenters. The van der Waals surface area contributed by atoms with Gasteiger partial charge in [0.2, 0.25) is 11.7 Å². The van der Waals surface area contributed by atoms with Crippen molar-refractivity contribution in [3.8, 4) is 0 Å². The van der Waals surface area contributed by atoms with Crippen molar-refractivity contribution >= 4 is 23.6 Å². The molecule has 1 fully saturated rings. The third-order valence-corrected chi connectivity index (χ3v) is 3.80. The Labute approximate surface area is 121 Å². The van der Waals surface area contributed by atoms with E-state index in [2.05, 4.69) is 0 Å². The molecule has 1 aromatic rings. The van der Waals surface area contributed by atoms with E-state index in [0.717, 1.165) is 0 Å². The maximum absolute atomic E-state index is 12.1. The normalized spacial score (nSPS) is 22.8. The molecule has 1 saturated heterocycles. The number of rotatable bonds is 4. The highest BCUT2D eigenvalue weighted by atomic mass is 32.2. The van der Waals surface area contributed by atoms with Gasteiger partial charge in [-0.15, -0.1) is 0 Å². The number of ether oxygens (including phenoxy) is 1. The van der Waals surface area contributed by atoms with E-state index >= 15 is 0 Å². The Morgan fingerprint density at radius 3 is 2.55 bits per heavy atom. The zero-order valence-corrected chi connectivity index (χ0v) is 12.2. The van der Waals surface area contributed by atoms with Crippen LogP contribution in [-0.4, -0.2) is 52.9 Å². The van der Waals surface area contributed by atoms with Crippen LogP contribution in [0.3, 0.4) is 0 Å². The van der Waals surface area contributed by atoms with Gasteiger partial charge in [0, 0.05) is 13.1 Å². The Morgan fingerprint density at radius 1 is 1.35 bits per heavy atom. The van der Waals surface area contributed by atoms with Gasteiger partial charge in [0.25, 0.3) is 0 Å². The number of carboxylic acid groups (broad SMARTS) is 1. The van der Waals surface area contributed by atoms with Gasteiger partial charge in [-0.3, -0.25) is 4.79 Å². The number of hydrogen-bond donors (Lipinski definition) is 1. The first-order valence-electron chi connectivity index (χ1n) is 6.35. The Bertz CT molecular complexity index is 491. The van der Waals surface area contributed by atoms with E-state index in [4.69, 9.17) is 14.3 Å². The van der Waals surface area contributed by atoms with E-state index in [9.17, 15) is 9.59 Å². The molecule has 1 aromatic heterocycles. The SMILES string of the molecule is CC1CN(C(=O)CSc2ccc(C(=O)O)o2)CC(C)O1. The lowest BCUT2D eigenvalue weighted by Gasteiger charge is -2.35. The van der Waals surface area contributed by atoms with Crippen LogP contribution >= 0.6 is 11.8 Å². The number of carbonyl (C=O) groups is 2. The molecule has 0 aliphatic carbocycles. The third-order valence-electron chi connectivity index (χ3n) is 2.90. The fourth-order valence-electron chi connectivity index (χ4n) is 2.12. The highest BCUT2D eigenvalue weighted by Crippen LogP contribution is 2.22. The Morgan fingerprint density at radius 2 is 2.00 bits per heavy atom. The number of hydrogen-bond acceptors (Lipinski definition) is 5. The second-order valence-electron chi connectivity index (χ2n) is 4.77. The summed E-state index contributed by atoms with van der Waals surface area (Å²) in [5, 5.41) is 9.18. The van der Waals surface area contributed by atoms with Gasteiger partial charge in [0.05, 0.1) is 18.0 Å². The molecule has 2 rings (SSSR count). The van der Waals surface area contributed by atoms with Gasteiger partial charge in [0.1, 0.15) is 0 Å². The standard InChI is InChI=1S/C13H17NO5S/c1-8-5-14(6-9(2)18-8)11(15)7-20-12-4-3-10(19-12)13(16)17/h3-4,8-9H,5-7H2,1-2H3,(H,16,17). The van der Waals surface area contributed by atoms with E-state index in [0.29, 0.717) is 18.2 Å². The molecule has 20 heavy (non-hydrogen) atoms. The summed E-state index contributed by atoms with van der Waals surface area (Å²) < 4.78 is 10.7. The summed E-state index contributed by atoms with van der Waals surface area (Å²) in [6, 6.07) is 2.94. The summed E-state index contributed by atoms with van der Waals surface area (Å²) in [7, 11) is 0. The van der Waals surface area contributed by atoms with Crippen LogP contribution in [0.5, 0.6) is 0 Å². The van der Waals surface area contributed by atoms with Gasteiger partial charge in [-0.05, 0) is 26.0 Å². The van der Waals surface area contributed by atoms with Crippen LogP contribution in [0.15, 0.2) is 21.6 Å². The number of aromatic carboxylic acids is 1. The van der Waals surface area contributed by atoms with E-state index in [-0.39, 0.29) is 29.6 Å². The highest BCUT2D eigenvalue weighted by molar-refractivity contribution is 7.99. The number of morpholine rings is 1. The van der Waals surface area contributed by atoms with Crippen molar-refractivity contribution in [3.63, 3.8) is 0 Å². The quantitative estimate of drug-likeness (QED) is 0.853. The Kier molecular flexibility index (Phi) is 4.72. The molecule has 1 amide bonds. The molecule has 1 aliphatic rings. The second-order valence-corrected chi connectivity index (χ2v) is 5.75. The van der Waals surface area contributed by atoms with Gasteiger partial charge in [-0.2, -0.15) is 0 Å². The topological polar surface area (TPSA) is 80.0 Å². The van der Waals surface area contributed by atoms with Gasteiger partial charge < -0.3 is 19.2 Å². The molecule has 2 unspecified atom stereocenters. The molecule has 0 aromatic carbocycles. The molecule has 1 aliphatic heterocycles. The van der Waals surface area contributed by atoms with Gasteiger partial charge >= 0.3 is 5.97 Å². The zero-order valence-electron chi connectivity index (χ0n) is 11.4. The van der Waals surface area contributed by atoms with E-state index < -0.39 is 5.97 Å². The predicted octanol–water partition coefficient (Wildman–Crippen LogP) is 1.71. The van der Waals surface area contributed by atoms with Crippen LogP contribution in [0, 0.1) is 0 Å². The molecule has 1 N–H and O–H groups in total. The average Bonchev–Trinajstić information content (AvgIpc) is 2.83. The maximum Gasteiger partial charge on any atom is 0.371 e. The van der Waals surface area contributed by atoms with Crippen molar-refractivity contribution in [2.45, 2.75) is 31.1 Å². The summed E-state index contributed by atoms with van der Waals surface area (Å²) in [4.78, 5) is 24.5. The monoisotopic (exact) mass is 299 g/mol. The summed E-state index contributed by atoms with van der Waals surface area (Å²) in [6.07, 6.45) is 0.0739. The van der Waals surface area contributed by atoms with Gasteiger partial charge in [-0.25, -0.2) is 4.79 Å². The van der Waals surface area contributed by atoms with Crippen molar-refractivity contribution in [1.82, 2.24) is 4.90 Å². The molecule has 6 nitrogen and oxygen atoms in total. The lowest BCUT2D eigenvalue weighted by molar-refractivity contribution is -0.140. The van der Waals surface area contributed by atoms with Crippen molar-refractivity contribution in [2.24, 2.45) is 0 Å². The second kappa shape index (κ2) is 6.32. The molecule has 2 heterocycles. The number of amides is 1. The van der Waals surface area contributed by atoms with Crippen LogP contribution < -0.4 is 0 Å². The summed E-state index contributed by atoms with van der Waals surface area (Å²) in [5.74, 6) is -0.996. The van der Waals surface area contributed by atoms with E-state index in [1.54, 1.807) is 11.0 Å². The fraction of sp³-hybridized carbons (Fsp3) is 0.538. The Balaban J connectivity index is 1.86. The van der Waals surface area contributed by atoms with Crippen molar-refractivity contribution in [2.75, 3.05) is 18.8 Å². The molecule has 110 valence electrons. The van der Waals surface area contributed by atoms with E-state index in [1.165, 1.54) is 17.8 Å². The van der Waals surface area contributed by atoms with Crippen molar-refractivity contribution < 1.29 is 23.8 Å². The minimum Gasteiger partial charge on any atom is -0.475 e. The number of nitrogens with zero attached hydrogens (tertiary/aromatic N) is 1. The largest absolute Gasteiger partial charge is 0.475 e. The van der Waals surface area contributed by atoms with Crippen LogP contribution in [-0.2, 0) is 9.53 Å². The van der Waals surface area contributed by atoms with Crippen LogP contribution in [0.1, 0.15) is 24.4 Å². The van der Waals surface area contributed by atoms with Crippen LogP contribution in [0.25, 0.3) is 0 Å². The first-order valence-corrected chi connectivity index (χ1v) is 7.33. The van der Waals surface area contributed by atoms with Crippen molar-refractivity contribution in [3.05, 3.63) is 17.9 Å².